The standard InChI is InChI=1S/C25H21F5O/c1-3-5-13-31-19-12-11-17-14-18(23(28)25(30)20(17)24(19)29)22(27)21(26)16-9-7-15(6-4-2)8-10-16/h3,5,7-12,14H,4,6,13H2,1-2H3. The van der Waals surface area contributed by atoms with Crippen LogP contribution in [0, 0.1) is 17.5 Å². The summed E-state index contributed by atoms with van der Waals surface area (Å²) in [6.07, 6.45) is 4.98. The fourth-order valence-corrected chi connectivity index (χ4v) is 3.22. The predicted molar refractivity (Wildman–Crippen MR) is 114 cm³/mol. The molecule has 3 aromatic carbocycles. The van der Waals surface area contributed by atoms with Crippen LogP contribution in [-0.4, -0.2) is 6.61 Å². The maximum Gasteiger partial charge on any atom is 0.175 e. The molecule has 0 fully saturated rings. The molecule has 0 spiro atoms. The molecule has 6 heteroatoms. The van der Waals surface area contributed by atoms with Crippen molar-refractivity contribution in [2.24, 2.45) is 0 Å². The molecule has 0 saturated carbocycles. The maximum absolute atomic E-state index is 14.8. The van der Waals surface area contributed by atoms with Crippen LogP contribution in [0.25, 0.3) is 22.4 Å². The van der Waals surface area contributed by atoms with Crippen molar-refractivity contribution in [1.29, 1.82) is 0 Å². The first-order chi connectivity index (χ1) is 14.9. The Bertz CT molecular complexity index is 1150. The van der Waals surface area contributed by atoms with Gasteiger partial charge in [-0.1, -0.05) is 55.8 Å². The lowest BCUT2D eigenvalue weighted by Gasteiger charge is -2.11. The van der Waals surface area contributed by atoms with E-state index in [1.807, 2.05) is 6.92 Å². The highest BCUT2D eigenvalue weighted by Gasteiger charge is 2.23. The molecule has 0 aliphatic rings. The number of ether oxygens (including phenoxy) is 1. The third-order valence-corrected chi connectivity index (χ3v) is 4.83. The molecule has 1 nitrogen and oxygen atoms in total. The van der Waals surface area contributed by atoms with Crippen LogP contribution in [0.4, 0.5) is 22.0 Å². The number of allylic oxidation sites excluding steroid dienone is 1. The smallest absolute Gasteiger partial charge is 0.175 e. The van der Waals surface area contributed by atoms with Gasteiger partial charge in [0.1, 0.15) is 6.61 Å². The van der Waals surface area contributed by atoms with E-state index in [-0.39, 0.29) is 23.3 Å². The number of hydrogen-bond acceptors (Lipinski definition) is 1. The monoisotopic (exact) mass is 432 g/mol. The summed E-state index contributed by atoms with van der Waals surface area (Å²) in [5.41, 5.74) is -0.0661. The van der Waals surface area contributed by atoms with Crippen LogP contribution in [0.15, 0.2) is 54.6 Å². The van der Waals surface area contributed by atoms with Crippen molar-refractivity contribution < 1.29 is 26.7 Å². The van der Waals surface area contributed by atoms with E-state index in [1.54, 1.807) is 31.2 Å². The highest BCUT2D eigenvalue weighted by Crippen LogP contribution is 2.36. The third kappa shape index (κ3) is 4.63. The largest absolute Gasteiger partial charge is 0.486 e. The second-order valence-electron chi connectivity index (χ2n) is 6.98. The minimum absolute atomic E-state index is 0.0424. The lowest BCUT2D eigenvalue weighted by molar-refractivity contribution is 0.342. The van der Waals surface area contributed by atoms with Gasteiger partial charge < -0.3 is 4.74 Å². The van der Waals surface area contributed by atoms with Gasteiger partial charge in [0.2, 0.25) is 0 Å². The number of hydrogen-bond donors (Lipinski definition) is 0. The predicted octanol–water partition coefficient (Wildman–Crippen LogP) is 7.93. The number of aryl methyl sites for hydroxylation is 1. The Balaban J connectivity index is 2.06. The van der Waals surface area contributed by atoms with Gasteiger partial charge in [-0.3, -0.25) is 0 Å². The minimum atomic E-state index is -1.67. The molecule has 162 valence electrons. The molecule has 0 amide bonds. The molecule has 0 radical (unpaired) electrons. The molecule has 3 rings (SSSR count). The average Bonchev–Trinajstić information content (AvgIpc) is 2.77. The molecule has 0 saturated heterocycles. The highest BCUT2D eigenvalue weighted by molar-refractivity contribution is 5.91. The van der Waals surface area contributed by atoms with Gasteiger partial charge in [0.05, 0.1) is 10.9 Å². The van der Waals surface area contributed by atoms with Crippen LogP contribution in [0.5, 0.6) is 5.75 Å². The molecule has 3 aromatic rings. The molecule has 0 aromatic heterocycles. The first-order valence-corrected chi connectivity index (χ1v) is 9.88. The van der Waals surface area contributed by atoms with E-state index in [4.69, 9.17) is 4.74 Å². The Kier molecular flexibility index (Phi) is 7.10. The Labute approximate surface area is 177 Å². The Hall–Kier alpha value is -3.15. The SMILES string of the molecule is CC=CCOc1ccc2cc(C(F)=C(F)c3ccc(CCC)cc3)c(F)c(F)c2c1F. The molecule has 0 N–H and O–H groups in total. The van der Waals surface area contributed by atoms with E-state index in [1.165, 1.54) is 24.3 Å². The number of benzene rings is 3. The first kappa shape index (κ1) is 22.5. The van der Waals surface area contributed by atoms with Gasteiger partial charge in [0.15, 0.2) is 34.9 Å². The Morgan fingerprint density at radius 1 is 0.903 bits per heavy atom. The molecule has 0 aliphatic carbocycles. The number of fused-ring (bicyclic) bond motifs is 1. The van der Waals surface area contributed by atoms with Crippen molar-refractivity contribution in [3.8, 4) is 5.75 Å². The molecule has 0 bridgehead atoms. The maximum atomic E-state index is 14.8. The fourth-order valence-electron chi connectivity index (χ4n) is 3.22. The van der Waals surface area contributed by atoms with Gasteiger partial charge in [-0.05, 0) is 36.4 Å². The van der Waals surface area contributed by atoms with E-state index < -0.39 is 40.1 Å². The summed E-state index contributed by atoms with van der Waals surface area (Å²) in [6, 6.07) is 9.42. The van der Waals surface area contributed by atoms with Gasteiger partial charge in [0, 0.05) is 5.56 Å². The topological polar surface area (TPSA) is 9.23 Å². The van der Waals surface area contributed by atoms with Crippen molar-refractivity contribution in [3.05, 3.63) is 88.8 Å². The third-order valence-electron chi connectivity index (χ3n) is 4.83. The van der Waals surface area contributed by atoms with Crippen LogP contribution in [0.2, 0.25) is 0 Å². The van der Waals surface area contributed by atoms with Crippen molar-refractivity contribution >= 4 is 22.4 Å². The summed E-state index contributed by atoms with van der Waals surface area (Å²) in [6.45, 7) is 3.78. The molecular weight excluding hydrogens is 411 g/mol. The van der Waals surface area contributed by atoms with Crippen LogP contribution in [-0.2, 0) is 6.42 Å². The summed E-state index contributed by atoms with van der Waals surface area (Å²) in [5, 5.41) is -0.803. The lowest BCUT2D eigenvalue weighted by atomic mass is 10.0. The summed E-state index contributed by atoms with van der Waals surface area (Å²) in [4.78, 5) is 0. The first-order valence-electron chi connectivity index (χ1n) is 9.88. The Morgan fingerprint density at radius 3 is 2.26 bits per heavy atom. The van der Waals surface area contributed by atoms with Gasteiger partial charge in [-0.25, -0.2) is 22.0 Å². The highest BCUT2D eigenvalue weighted by atomic mass is 19.2. The number of rotatable bonds is 7. The zero-order valence-corrected chi connectivity index (χ0v) is 17.1. The normalized spacial score (nSPS) is 12.5. The minimum Gasteiger partial charge on any atom is -0.486 e. The second kappa shape index (κ2) is 9.77. The summed E-state index contributed by atoms with van der Waals surface area (Å²) in [5.74, 6) is -7.55. The van der Waals surface area contributed by atoms with E-state index in [0.717, 1.165) is 24.5 Å². The van der Waals surface area contributed by atoms with Gasteiger partial charge in [-0.2, -0.15) is 0 Å². The zero-order valence-electron chi connectivity index (χ0n) is 17.1. The molecular formula is C25H21F5O. The van der Waals surface area contributed by atoms with Crippen molar-refractivity contribution in [1.82, 2.24) is 0 Å². The molecule has 0 atom stereocenters. The van der Waals surface area contributed by atoms with Crippen LogP contribution in [0.1, 0.15) is 37.0 Å². The van der Waals surface area contributed by atoms with Crippen molar-refractivity contribution in [2.45, 2.75) is 26.7 Å². The van der Waals surface area contributed by atoms with E-state index in [9.17, 15) is 22.0 Å². The summed E-state index contributed by atoms with van der Waals surface area (Å²) < 4.78 is 78.6. The van der Waals surface area contributed by atoms with Gasteiger partial charge >= 0.3 is 0 Å². The molecule has 0 heterocycles. The summed E-state index contributed by atoms with van der Waals surface area (Å²) >= 11 is 0. The molecule has 0 unspecified atom stereocenters. The van der Waals surface area contributed by atoms with Gasteiger partial charge in [0.25, 0.3) is 0 Å². The van der Waals surface area contributed by atoms with E-state index in [2.05, 4.69) is 0 Å². The average molecular weight is 432 g/mol. The number of halogens is 5. The van der Waals surface area contributed by atoms with Crippen molar-refractivity contribution in [3.63, 3.8) is 0 Å². The quantitative estimate of drug-likeness (QED) is 0.209. The van der Waals surface area contributed by atoms with E-state index in [0.29, 0.717) is 0 Å². The molecule has 31 heavy (non-hydrogen) atoms. The van der Waals surface area contributed by atoms with Crippen molar-refractivity contribution in [2.75, 3.05) is 6.61 Å². The van der Waals surface area contributed by atoms with Crippen LogP contribution in [0.3, 0.4) is 0 Å². The van der Waals surface area contributed by atoms with Crippen LogP contribution < -0.4 is 4.74 Å². The summed E-state index contributed by atoms with van der Waals surface area (Å²) in [7, 11) is 0. The Morgan fingerprint density at radius 2 is 1.61 bits per heavy atom. The zero-order chi connectivity index (χ0) is 22.5. The van der Waals surface area contributed by atoms with Gasteiger partial charge in [-0.15, -0.1) is 0 Å². The lowest BCUT2D eigenvalue weighted by Crippen LogP contribution is -2.00. The fraction of sp³-hybridized carbons (Fsp3) is 0.200. The van der Waals surface area contributed by atoms with Crippen LogP contribution >= 0.6 is 0 Å². The molecule has 0 aliphatic heterocycles. The second-order valence-corrected chi connectivity index (χ2v) is 6.98. The van der Waals surface area contributed by atoms with E-state index >= 15 is 0 Å².